The van der Waals surface area contributed by atoms with Crippen molar-refractivity contribution in [3.05, 3.63) is 28.8 Å². The van der Waals surface area contributed by atoms with E-state index in [4.69, 9.17) is 16.7 Å². The summed E-state index contributed by atoms with van der Waals surface area (Å²) in [5, 5.41) is 12.4. The largest absolute Gasteiger partial charge is 0.395 e. The number of anilines is 1. The minimum Gasteiger partial charge on any atom is -0.395 e. The summed E-state index contributed by atoms with van der Waals surface area (Å²) in [5.74, 6) is 0. The lowest BCUT2D eigenvalue weighted by atomic mass is 10.1. The minimum atomic E-state index is -2.47. The molecule has 0 aliphatic heterocycles. The van der Waals surface area contributed by atoms with Crippen molar-refractivity contribution < 1.29 is 13.9 Å². The molecule has 0 radical (unpaired) electrons. The fraction of sp³-hybridized carbons (Fsp3) is 0.538. The summed E-state index contributed by atoms with van der Waals surface area (Å²) in [7, 11) is 1.83. The molecule has 3 nitrogen and oxygen atoms in total. The van der Waals surface area contributed by atoms with Gasteiger partial charge in [-0.2, -0.15) is 0 Å². The van der Waals surface area contributed by atoms with Crippen LogP contribution < -0.4 is 10.2 Å². The van der Waals surface area contributed by atoms with Crippen LogP contribution in [0.5, 0.6) is 0 Å². The number of nitrogens with zero attached hydrogens (tertiary/aromatic N) is 1. The van der Waals surface area contributed by atoms with Gasteiger partial charge in [0.25, 0.3) is 6.43 Å². The number of aliphatic hydroxyl groups excluding tert-OH is 1. The van der Waals surface area contributed by atoms with Crippen LogP contribution in [0.15, 0.2) is 18.2 Å². The fourth-order valence-corrected chi connectivity index (χ4v) is 2.12. The van der Waals surface area contributed by atoms with Crippen molar-refractivity contribution in [1.82, 2.24) is 5.32 Å². The quantitative estimate of drug-likeness (QED) is 0.811. The molecule has 108 valence electrons. The van der Waals surface area contributed by atoms with Crippen LogP contribution in [0, 0.1) is 0 Å². The smallest absolute Gasteiger partial charge is 0.255 e. The molecule has 0 aromatic heterocycles. The van der Waals surface area contributed by atoms with E-state index < -0.39 is 13.0 Å². The molecule has 2 N–H and O–H groups in total. The summed E-state index contributed by atoms with van der Waals surface area (Å²) in [5.41, 5.74) is 1.50. The Balaban J connectivity index is 2.97. The number of halogens is 3. The first-order valence-corrected chi connectivity index (χ1v) is 6.48. The minimum absolute atomic E-state index is 0.130. The third kappa shape index (κ3) is 4.60. The number of nitrogens with one attached hydrogen (secondary N) is 1. The Hall–Kier alpha value is -0.910. The van der Waals surface area contributed by atoms with Gasteiger partial charge >= 0.3 is 0 Å². The number of rotatable bonds is 7. The summed E-state index contributed by atoms with van der Waals surface area (Å²) in [6.45, 7) is 1.47. The van der Waals surface area contributed by atoms with Gasteiger partial charge in [-0.25, -0.2) is 8.78 Å². The van der Waals surface area contributed by atoms with E-state index in [2.05, 4.69) is 5.32 Å². The second-order valence-electron chi connectivity index (χ2n) is 4.28. The van der Waals surface area contributed by atoms with Gasteiger partial charge in [-0.15, -0.1) is 0 Å². The normalized spacial score (nSPS) is 12.8. The first kappa shape index (κ1) is 16.1. The van der Waals surface area contributed by atoms with Crippen molar-refractivity contribution in [2.24, 2.45) is 0 Å². The van der Waals surface area contributed by atoms with E-state index in [0.29, 0.717) is 10.7 Å². The molecule has 19 heavy (non-hydrogen) atoms. The zero-order valence-corrected chi connectivity index (χ0v) is 11.8. The number of aliphatic hydroxyl groups is 1. The molecule has 0 aliphatic carbocycles. The van der Waals surface area contributed by atoms with E-state index in [-0.39, 0.29) is 19.2 Å². The Bertz CT molecular complexity index is 404. The molecule has 1 atom stereocenters. The van der Waals surface area contributed by atoms with Crippen LogP contribution in [0.25, 0.3) is 0 Å². The summed E-state index contributed by atoms with van der Waals surface area (Å²) in [4.78, 5) is 1.39. The second kappa shape index (κ2) is 7.62. The van der Waals surface area contributed by atoms with E-state index in [1.807, 2.05) is 20.0 Å². The Labute approximate surface area is 117 Å². The van der Waals surface area contributed by atoms with Gasteiger partial charge in [-0.3, -0.25) is 0 Å². The van der Waals surface area contributed by atoms with Gasteiger partial charge in [-0.1, -0.05) is 17.7 Å². The maximum atomic E-state index is 12.5. The number of benzene rings is 1. The molecule has 1 unspecified atom stereocenters. The molecule has 0 amide bonds. The second-order valence-corrected chi connectivity index (χ2v) is 4.69. The highest BCUT2D eigenvalue weighted by atomic mass is 35.5. The van der Waals surface area contributed by atoms with E-state index >= 15 is 0 Å². The molecular weight excluding hydrogens is 274 g/mol. The number of hydrogen-bond acceptors (Lipinski definition) is 3. The molecule has 0 heterocycles. The molecule has 1 aromatic rings. The fourth-order valence-electron chi connectivity index (χ4n) is 1.81. The summed E-state index contributed by atoms with van der Waals surface area (Å²) < 4.78 is 25.0. The third-order valence-electron chi connectivity index (χ3n) is 2.97. The van der Waals surface area contributed by atoms with Crippen molar-refractivity contribution >= 4 is 17.3 Å². The topological polar surface area (TPSA) is 35.5 Å². The van der Waals surface area contributed by atoms with Gasteiger partial charge in [0, 0.05) is 12.6 Å². The molecule has 0 spiro atoms. The molecule has 0 aliphatic rings. The monoisotopic (exact) mass is 292 g/mol. The SMILES string of the molecule is CNC(C)c1ccc(N(CCO)CC(F)F)c(Cl)c1. The highest BCUT2D eigenvalue weighted by Crippen LogP contribution is 2.29. The molecule has 6 heteroatoms. The van der Waals surface area contributed by atoms with Gasteiger partial charge in [0.2, 0.25) is 0 Å². The maximum Gasteiger partial charge on any atom is 0.255 e. The van der Waals surface area contributed by atoms with Crippen molar-refractivity contribution in [1.29, 1.82) is 0 Å². The van der Waals surface area contributed by atoms with Crippen LogP contribution in [0.1, 0.15) is 18.5 Å². The Morgan fingerprint density at radius 2 is 2.11 bits per heavy atom. The van der Waals surface area contributed by atoms with Crippen LogP contribution in [-0.4, -0.2) is 38.3 Å². The number of alkyl halides is 2. The standard InChI is InChI=1S/C13H19ClF2N2O/c1-9(17-2)10-3-4-12(11(14)7-10)18(5-6-19)8-13(15)16/h3-4,7,9,13,17,19H,5-6,8H2,1-2H3. The molecule has 1 aromatic carbocycles. The highest BCUT2D eigenvalue weighted by Gasteiger charge is 2.16. The Morgan fingerprint density at radius 3 is 2.58 bits per heavy atom. The van der Waals surface area contributed by atoms with Gasteiger partial charge in [0.15, 0.2) is 0 Å². The number of hydrogen-bond donors (Lipinski definition) is 2. The summed E-state index contributed by atoms with van der Waals surface area (Å²) >= 11 is 6.15. The van der Waals surface area contributed by atoms with Crippen LogP contribution in [-0.2, 0) is 0 Å². The molecule has 0 bridgehead atoms. The molecule has 0 saturated carbocycles. The van der Waals surface area contributed by atoms with Crippen molar-refractivity contribution in [2.75, 3.05) is 31.6 Å². The Morgan fingerprint density at radius 1 is 1.42 bits per heavy atom. The van der Waals surface area contributed by atoms with Crippen LogP contribution >= 0.6 is 11.6 Å². The van der Waals surface area contributed by atoms with E-state index in [1.165, 1.54) is 4.90 Å². The van der Waals surface area contributed by atoms with Crippen molar-refractivity contribution in [3.8, 4) is 0 Å². The van der Waals surface area contributed by atoms with E-state index in [9.17, 15) is 8.78 Å². The molecule has 0 saturated heterocycles. The lowest BCUT2D eigenvalue weighted by molar-refractivity contribution is 0.153. The highest BCUT2D eigenvalue weighted by molar-refractivity contribution is 6.33. The average Bonchev–Trinajstić information content (AvgIpc) is 2.36. The van der Waals surface area contributed by atoms with Crippen LogP contribution in [0.3, 0.4) is 0 Å². The van der Waals surface area contributed by atoms with Crippen LogP contribution in [0.4, 0.5) is 14.5 Å². The van der Waals surface area contributed by atoms with Gasteiger partial charge < -0.3 is 15.3 Å². The average molecular weight is 293 g/mol. The molecule has 1 rings (SSSR count). The molecule has 0 fully saturated rings. The Kier molecular flexibility index (Phi) is 6.48. The zero-order valence-electron chi connectivity index (χ0n) is 11.0. The van der Waals surface area contributed by atoms with Crippen molar-refractivity contribution in [3.63, 3.8) is 0 Å². The van der Waals surface area contributed by atoms with Crippen molar-refractivity contribution in [2.45, 2.75) is 19.4 Å². The zero-order chi connectivity index (χ0) is 14.4. The predicted octanol–water partition coefficient (Wildman–Crippen LogP) is 2.68. The van der Waals surface area contributed by atoms with E-state index in [0.717, 1.165) is 5.56 Å². The summed E-state index contributed by atoms with van der Waals surface area (Å²) in [6.07, 6.45) is -2.47. The lowest BCUT2D eigenvalue weighted by Gasteiger charge is -2.25. The van der Waals surface area contributed by atoms with Gasteiger partial charge in [0.05, 0.1) is 23.9 Å². The molecular formula is C13H19ClF2N2O. The van der Waals surface area contributed by atoms with Gasteiger partial charge in [0.1, 0.15) is 0 Å². The lowest BCUT2D eigenvalue weighted by Crippen LogP contribution is -2.31. The predicted molar refractivity (Wildman–Crippen MR) is 74.2 cm³/mol. The van der Waals surface area contributed by atoms with Gasteiger partial charge in [-0.05, 0) is 31.7 Å². The first-order valence-electron chi connectivity index (χ1n) is 6.10. The third-order valence-corrected chi connectivity index (χ3v) is 3.28. The maximum absolute atomic E-state index is 12.5. The van der Waals surface area contributed by atoms with E-state index in [1.54, 1.807) is 12.1 Å². The summed E-state index contributed by atoms with van der Waals surface area (Å²) in [6, 6.07) is 5.45. The van der Waals surface area contributed by atoms with Crippen LogP contribution in [0.2, 0.25) is 5.02 Å². The first-order chi connectivity index (χ1) is 8.99.